The number of hydrogen-bond acceptors (Lipinski definition) is 4. The summed E-state index contributed by atoms with van der Waals surface area (Å²) < 4.78 is 5.32. The molecule has 0 rings (SSSR count). The molecule has 0 aliphatic carbocycles. The van der Waals surface area contributed by atoms with E-state index in [0.29, 0.717) is 19.2 Å². The zero-order chi connectivity index (χ0) is 17.0. The average Bonchev–Trinajstić information content (AvgIpc) is 2.47. The average molecular weight is 313 g/mol. The van der Waals surface area contributed by atoms with Crippen LogP contribution in [0.5, 0.6) is 0 Å². The molecule has 8 heteroatoms. The van der Waals surface area contributed by atoms with E-state index in [2.05, 4.69) is 10.1 Å². The van der Waals surface area contributed by atoms with Crippen molar-refractivity contribution in [1.29, 1.82) is 0 Å². The number of amides is 1. The number of unbranched alkanes of at least 4 members (excludes halogenated alkanes) is 1. The van der Waals surface area contributed by atoms with Gasteiger partial charge in [0.15, 0.2) is 0 Å². The first kappa shape index (κ1) is 19.9. The Morgan fingerprint density at radius 1 is 1.32 bits per heavy atom. The first-order valence-corrected chi connectivity index (χ1v) is 7.31. The van der Waals surface area contributed by atoms with Crippen LogP contribution in [-0.2, 0) is 19.1 Å². The molecule has 0 saturated carbocycles. The fraction of sp³-hybridized carbons (Fsp3) is 0.714. The molecule has 0 aromatic rings. The summed E-state index contributed by atoms with van der Waals surface area (Å²) in [5.74, 6) is -2.24. The first-order chi connectivity index (χ1) is 10.5. The van der Waals surface area contributed by atoms with E-state index in [1.165, 1.54) is 0 Å². The van der Waals surface area contributed by atoms with Crippen molar-refractivity contribution in [1.82, 2.24) is 5.32 Å². The Balaban J connectivity index is 4.62. The predicted molar refractivity (Wildman–Crippen MR) is 78.4 cm³/mol. The van der Waals surface area contributed by atoms with Crippen molar-refractivity contribution >= 4 is 23.9 Å². The van der Waals surface area contributed by atoms with E-state index in [1.807, 2.05) is 6.92 Å². The number of hydrogen-bond donors (Lipinski definition) is 2. The van der Waals surface area contributed by atoms with E-state index in [9.17, 15) is 14.4 Å². The number of aliphatic carboxylic acids is 1. The van der Waals surface area contributed by atoms with E-state index in [-0.39, 0.29) is 12.8 Å². The number of Topliss-reactive ketones (excluding diaryl/α,β-unsaturated/α-hetero) is 1. The van der Waals surface area contributed by atoms with Crippen LogP contribution in [-0.4, -0.2) is 52.5 Å². The molecular formula is C14H23N3O5. The summed E-state index contributed by atoms with van der Waals surface area (Å²) in [5.41, 5.74) is 8.22. The maximum absolute atomic E-state index is 12.1. The summed E-state index contributed by atoms with van der Waals surface area (Å²) in [6.07, 6.45) is 1.98. The highest BCUT2D eigenvalue weighted by molar-refractivity contribution is 6.25. The molecule has 0 aliphatic heterocycles. The molecule has 0 aromatic heterocycles. The van der Waals surface area contributed by atoms with Gasteiger partial charge in [-0.3, -0.25) is 9.59 Å². The van der Waals surface area contributed by atoms with Gasteiger partial charge in [0.2, 0.25) is 11.7 Å². The summed E-state index contributed by atoms with van der Waals surface area (Å²) in [4.78, 5) is 37.0. The van der Waals surface area contributed by atoms with Crippen LogP contribution in [0.1, 0.15) is 46.0 Å². The molecule has 0 spiro atoms. The first-order valence-electron chi connectivity index (χ1n) is 7.31. The molecule has 0 saturated heterocycles. The number of nitrogens with zero attached hydrogens (tertiary/aromatic N) is 2. The number of carbonyl (C=O) groups is 3. The normalized spacial score (nSPS) is 12.8. The quantitative estimate of drug-likeness (QED) is 0.313. The van der Waals surface area contributed by atoms with Crippen LogP contribution in [0.25, 0.3) is 5.53 Å². The topological polar surface area (TPSA) is 129 Å². The monoisotopic (exact) mass is 313 g/mol. The molecule has 2 atom stereocenters. The van der Waals surface area contributed by atoms with Crippen LogP contribution >= 0.6 is 0 Å². The zero-order valence-corrected chi connectivity index (χ0v) is 12.9. The molecule has 1 amide bonds. The van der Waals surface area contributed by atoms with E-state index in [0.717, 1.165) is 12.8 Å². The Kier molecular flexibility index (Phi) is 10.5. The number of ketones is 1. The van der Waals surface area contributed by atoms with E-state index in [1.54, 1.807) is 6.92 Å². The lowest BCUT2D eigenvalue weighted by atomic mass is 10.1. The maximum Gasteiger partial charge on any atom is 0.326 e. The molecule has 0 heterocycles. The van der Waals surface area contributed by atoms with Crippen LogP contribution in [0.3, 0.4) is 0 Å². The molecular weight excluding hydrogens is 290 g/mol. The van der Waals surface area contributed by atoms with Crippen LogP contribution < -0.4 is 5.32 Å². The molecule has 22 heavy (non-hydrogen) atoms. The third-order valence-corrected chi connectivity index (χ3v) is 2.98. The predicted octanol–water partition coefficient (Wildman–Crippen LogP) is 0.801. The zero-order valence-electron chi connectivity index (χ0n) is 12.9. The van der Waals surface area contributed by atoms with Gasteiger partial charge < -0.3 is 20.7 Å². The second-order valence-electron chi connectivity index (χ2n) is 4.74. The Bertz CT molecular complexity index is 432. The maximum atomic E-state index is 12.1. The van der Waals surface area contributed by atoms with Gasteiger partial charge in [0.05, 0.1) is 0 Å². The Labute approximate surface area is 129 Å². The van der Waals surface area contributed by atoms with Gasteiger partial charge >= 0.3 is 12.2 Å². The standard InChI is InChI=1S/C14H23N3O5/c1-3-5-6-12(22-4-2)13(19)17-11(14(20)21)8-7-10(18)9-16-15/h9,11-12H,3-8H2,1-2H3,(H,17,19)(H,20,21). The minimum Gasteiger partial charge on any atom is -0.480 e. The number of carboxylic acids is 1. The van der Waals surface area contributed by atoms with Gasteiger partial charge in [0.1, 0.15) is 12.1 Å². The van der Waals surface area contributed by atoms with Crippen LogP contribution in [0.2, 0.25) is 0 Å². The van der Waals surface area contributed by atoms with Gasteiger partial charge in [-0.25, -0.2) is 4.79 Å². The largest absolute Gasteiger partial charge is 0.480 e. The number of carbonyl (C=O) groups excluding carboxylic acids is 2. The number of carboxylic acid groups (broad SMARTS) is 1. The highest BCUT2D eigenvalue weighted by Gasteiger charge is 2.26. The molecule has 0 aliphatic rings. The van der Waals surface area contributed by atoms with Crippen molar-refractivity contribution < 1.29 is 29.0 Å². The summed E-state index contributed by atoms with van der Waals surface area (Å²) >= 11 is 0. The van der Waals surface area contributed by atoms with Gasteiger partial charge in [-0.2, -0.15) is 4.79 Å². The number of rotatable bonds is 12. The van der Waals surface area contributed by atoms with Crippen molar-refractivity contribution in [3.8, 4) is 0 Å². The van der Waals surface area contributed by atoms with Gasteiger partial charge in [0.25, 0.3) is 0 Å². The SMILES string of the molecule is CCCCC(OCC)C(=O)NC(CCC(=O)C=[N+]=[N-])C(=O)O. The highest BCUT2D eigenvalue weighted by atomic mass is 16.5. The molecule has 0 radical (unpaired) electrons. The molecule has 8 nitrogen and oxygen atoms in total. The minimum atomic E-state index is -1.23. The fourth-order valence-electron chi connectivity index (χ4n) is 1.82. The molecule has 0 aromatic carbocycles. The smallest absolute Gasteiger partial charge is 0.326 e. The van der Waals surface area contributed by atoms with E-state index in [4.69, 9.17) is 15.4 Å². The van der Waals surface area contributed by atoms with Crippen LogP contribution in [0.4, 0.5) is 0 Å². The fourth-order valence-corrected chi connectivity index (χ4v) is 1.82. The third-order valence-electron chi connectivity index (χ3n) is 2.98. The van der Waals surface area contributed by atoms with E-state index >= 15 is 0 Å². The third kappa shape index (κ3) is 8.28. The van der Waals surface area contributed by atoms with Crippen molar-refractivity contribution in [2.75, 3.05) is 6.61 Å². The molecule has 0 bridgehead atoms. The van der Waals surface area contributed by atoms with Crippen molar-refractivity contribution in [2.45, 2.75) is 58.1 Å². The van der Waals surface area contributed by atoms with Gasteiger partial charge in [-0.15, -0.1) is 0 Å². The highest BCUT2D eigenvalue weighted by Crippen LogP contribution is 2.07. The molecule has 0 fully saturated rings. The van der Waals surface area contributed by atoms with Gasteiger partial charge in [-0.05, 0) is 19.8 Å². The number of ether oxygens (including phenoxy) is 1. The van der Waals surface area contributed by atoms with Crippen molar-refractivity contribution in [3.63, 3.8) is 0 Å². The Hall–Kier alpha value is -2.05. The Morgan fingerprint density at radius 3 is 2.50 bits per heavy atom. The molecule has 124 valence electrons. The number of nitrogens with one attached hydrogen (secondary N) is 1. The Morgan fingerprint density at radius 2 is 2.00 bits per heavy atom. The lowest BCUT2D eigenvalue weighted by molar-refractivity contribution is -0.144. The lowest BCUT2D eigenvalue weighted by Gasteiger charge is -2.20. The summed E-state index contributed by atoms with van der Waals surface area (Å²) in [6, 6.07) is -1.19. The second kappa shape index (κ2) is 11.6. The summed E-state index contributed by atoms with van der Waals surface area (Å²) in [5, 5.41) is 11.5. The second-order valence-corrected chi connectivity index (χ2v) is 4.74. The minimum absolute atomic E-state index is 0.0848. The van der Waals surface area contributed by atoms with Crippen molar-refractivity contribution in [2.24, 2.45) is 0 Å². The molecule has 2 unspecified atom stereocenters. The van der Waals surface area contributed by atoms with E-state index < -0.39 is 29.8 Å². The molecule has 2 N–H and O–H groups in total. The van der Waals surface area contributed by atoms with Gasteiger partial charge in [0, 0.05) is 13.0 Å². The van der Waals surface area contributed by atoms with Crippen molar-refractivity contribution in [3.05, 3.63) is 5.53 Å². The summed E-state index contributed by atoms with van der Waals surface area (Å²) in [7, 11) is 0. The van der Waals surface area contributed by atoms with Crippen LogP contribution in [0, 0.1) is 0 Å². The van der Waals surface area contributed by atoms with Gasteiger partial charge in [-0.1, -0.05) is 19.8 Å². The van der Waals surface area contributed by atoms with Crippen LogP contribution in [0.15, 0.2) is 0 Å². The lowest BCUT2D eigenvalue weighted by Crippen LogP contribution is -2.46. The summed E-state index contributed by atoms with van der Waals surface area (Å²) in [6.45, 7) is 4.09.